The van der Waals surface area contributed by atoms with Crippen LogP contribution in [-0.2, 0) is 22.4 Å². The molecule has 0 atom stereocenters. The van der Waals surface area contributed by atoms with Crippen molar-refractivity contribution in [1.29, 1.82) is 0 Å². The van der Waals surface area contributed by atoms with E-state index in [1.54, 1.807) is 23.3 Å². The van der Waals surface area contributed by atoms with Crippen LogP contribution < -0.4 is 5.32 Å². The first-order valence-electron chi connectivity index (χ1n) is 7.08. The number of nitrogens with one attached hydrogen (secondary N) is 1. The fraction of sp³-hybridized carbons (Fsp3) is 0.714. The number of ether oxygens (including phenoxy) is 2. The van der Waals surface area contributed by atoms with E-state index in [9.17, 15) is 4.79 Å². The van der Waals surface area contributed by atoms with Gasteiger partial charge in [0.15, 0.2) is 5.13 Å². The Bertz CT molecular complexity index is 496. The zero-order valence-corrected chi connectivity index (χ0v) is 13.9. The SMILES string of the molecule is COCCNc1nc2c(s1)CN(C(=O)OC(C)(C)C)CC2. The molecule has 1 aliphatic heterocycles. The molecule has 0 radical (unpaired) electrons. The summed E-state index contributed by atoms with van der Waals surface area (Å²) in [5, 5.41) is 4.12. The van der Waals surface area contributed by atoms with Gasteiger partial charge in [0, 0.05) is 31.5 Å². The van der Waals surface area contributed by atoms with E-state index in [0.717, 1.165) is 28.7 Å². The lowest BCUT2D eigenvalue weighted by Gasteiger charge is -2.29. The van der Waals surface area contributed by atoms with E-state index in [0.29, 0.717) is 19.7 Å². The maximum atomic E-state index is 12.1. The largest absolute Gasteiger partial charge is 0.444 e. The molecule has 7 heteroatoms. The normalized spacial score (nSPS) is 14.8. The highest BCUT2D eigenvalue weighted by molar-refractivity contribution is 7.15. The third-order valence-electron chi connectivity index (χ3n) is 2.97. The lowest BCUT2D eigenvalue weighted by atomic mass is 10.2. The Morgan fingerprint density at radius 3 is 2.90 bits per heavy atom. The molecule has 118 valence electrons. The highest BCUT2D eigenvalue weighted by Crippen LogP contribution is 2.28. The Kier molecular flexibility index (Phi) is 5.05. The molecule has 0 unspecified atom stereocenters. The van der Waals surface area contributed by atoms with Crippen LogP contribution >= 0.6 is 11.3 Å². The van der Waals surface area contributed by atoms with Crippen LogP contribution in [0.4, 0.5) is 9.93 Å². The van der Waals surface area contributed by atoms with Crippen LogP contribution in [0.25, 0.3) is 0 Å². The van der Waals surface area contributed by atoms with Gasteiger partial charge in [0.05, 0.1) is 18.8 Å². The molecular formula is C14H23N3O3S. The molecule has 1 aromatic rings. The van der Waals surface area contributed by atoms with Crippen LogP contribution in [0, 0.1) is 0 Å². The number of amides is 1. The van der Waals surface area contributed by atoms with Gasteiger partial charge in [0.1, 0.15) is 5.60 Å². The van der Waals surface area contributed by atoms with Crippen molar-refractivity contribution in [3.05, 3.63) is 10.6 Å². The smallest absolute Gasteiger partial charge is 0.410 e. The van der Waals surface area contributed by atoms with Crippen molar-refractivity contribution >= 4 is 22.6 Å². The van der Waals surface area contributed by atoms with Crippen LogP contribution in [0.1, 0.15) is 31.3 Å². The minimum absolute atomic E-state index is 0.254. The molecule has 0 saturated heterocycles. The molecule has 0 aromatic carbocycles. The molecule has 1 N–H and O–H groups in total. The molecular weight excluding hydrogens is 290 g/mol. The Labute approximate surface area is 129 Å². The molecule has 0 fully saturated rings. The summed E-state index contributed by atoms with van der Waals surface area (Å²) in [4.78, 5) is 19.5. The Balaban J connectivity index is 1.95. The molecule has 1 aromatic heterocycles. The molecule has 0 saturated carbocycles. The Morgan fingerprint density at radius 1 is 1.48 bits per heavy atom. The number of fused-ring (bicyclic) bond motifs is 1. The van der Waals surface area contributed by atoms with Crippen molar-refractivity contribution in [1.82, 2.24) is 9.88 Å². The second kappa shape index (κ2) is 6.62. The number of carbonyl (C=O) groups excluding carboxylic acids is 1. The Hall–Kier alpha value is -1.34. The summed E-state index contributed by atoms with van der Waals surface area (Å²) in [5.41, 5.74) is 0.623. The maximum absolute atomic E-state index is 12.1. The van der Waals surface area contributed by atoms with Crippen LogP contribution in [0.5, 0.6) is 0 Å². The fourth-order valence-electron chi connectivity index (χ4n) is 2.01. The maximum Gasteiger partial charge on any atom is 0.410 e. The quantitative estimate of drug-likeness (QED) is 0.865. The standard InChI is InChI=1S/C14H23N3O3S/c1-14(2,3)20-13(18)17-7-5-10-11(9-17)21-12(16-10)15-6-8-19-4/h5-9H2,1-4H3,(H,15,16). The number of nitrogens with zero attached hydrogens (tertiary/aromatic N) is 2. The number of anilines is 1. The topological polar surface area (TPSA) is 63.7 Å². The highest BCUT2D eigenvalue weighted by Gasteiger charge is 2.27. The lowest BCUT2D eigenvalue weighted by molar-refractivity contribution is 0.0225. The molecule has 1 amide bonds. The van der Waals surface area contributed by atoms with E-state index in [-0.39, 0.29) is 6.09 Å². The molecule has 2 heterocycles. The van der Waals surface area contributed by atoms with Gasteiger partial charge in [0.25, 0.3) is 0 Å². The third-order valence-corrected chi connectivity index (χ3v) is 4.01. The van der Waals surface area contributed by atoms with E-state index in [1.165, 1.54) is 0 Å². The van der Waals surface area contributed by atoms with Crippen molar-refractivity contribution in [2.24, 2.45) is 0 Å². The second-order valence-electron chi connectivity index (χ2n) is 5.96. The van der Waals surface area contributed by atoms with Gasteiger partial charge in [-0.25, -0.2) is 9.78 Å². The monoisotopic (exact) mass is 313 g/mol. The van der Waals surface area contributed by atoms with Crippen molar-refractivity contribution in [2.45, 2.75) is 39.3 Å². The average Bonchev–Trinajstić information content (AvgIpc) is 2.78. The van der Waals surface area contributed by atoms with Gasteiger partial charge in [-0.2, -0.15) is 0 Å². The van der Waals surface area contributed by atoms with Crippen LogP contribution in [0.15, 0.2) is 0 Å². The number of carbonyl (C=O) groups is 1. The first-order chi connectivity index (χ1) is 9.89. The number of rotatable bonds is 4. The minimum atomic E-state index is -0.460. The summed E-state index contributed by atoms with van der Waals surface area (Å²) >= 11 is 1.60. The molecule has 0 aliphatic carbocycles. The van der Waals surface area contributed by atoms with Crippen molar-refractivity contribution in [2.75, 3.05) is 32.1 Å². The van der Waals surface area contributed by atoms with E-state index in [2.05, 4.69) is 10.3 Å². The molecule has 0 bridgehead atoms. The molecule has 6 nitrogen and oxygen atoms in total. The summed E-state index contributed by atoms with van der Waals surface area (Å²) in [6.45, 7) is 8.25. The predicted octanol–water partition coefficient (Wildman–Crippen LogP) is 2.49. The van der Waals surface area contributed by atoms with Crippen LogP contribution in [-0.4, -0.2) is 48.4 Å². The summed E-state index contributed by atoms with van der Waals surface area (Å²) < 4.78 is 10.4. The van der Waals surface area contributed by atoms with E-state index in [4.69, 9.17) is 9.47 Å². The highest BCUT2D eigenvalue weighted by atomic mass is 32.1. The van der Waals surface area contributed by atoms with Gasteiger partial charge < -0.3 is 19.7 Å². The fourth-order valence-corrected chi connectivity index (χ4v) is 3.06. The van der Waals surface area contributed by atoms with Gasteiger partial charge in [-0.1, -0.05) is 11.3 Å². The number of thiazole rings is 1. The summed E-state index contributed by atoms with van der Waals surface area (Å²) in [5.74, 6) is 0. The summed E-state index contributed by atoms with van der Waals surface area (Å²) in [6.07, 6.45) is 0.521. The number of aromatic nitrogens is 1. The van der Waals surface area contributed by atoms with Crippen LogP contribution in [0.3, 0.4) is 0 Å². The van der Waals surface area contributed by atoms with E-state index < -0.39 is 5.60 Å². The minimum Gasteiger partial charge on any atom is -0.444 e. The third kappa shape index (κ3) is 4.57. The predicted molar refractivity (Wildman–Crippen MR) is 82.8 cm³/mol. The van der Waals surface area contributed by atoms with Crippen molar-refractivity contribution < 1.29 is 14.3 Å². The average molecular weight is 313 g/mol. The first-order valence-corrected chi connectivity index (χ1v) is 7.90. The first kappa shape index (κ1) is 16.0. The van der Waals surface area contributed by atoms with Gasteiger partial charge >= 0.3 is 6.09 Å². The number of hydrogen-bond acceptors (Lipinski definition) is 6. The van der Waals surface area contributed by atoms with Gasteiger partial charge in [-0.05, 0) is 20.8 Å². The van der Waals surface area contributed by atoms with Gasteiger partial charge in [0.2, 0.25) is 0 Å². The number of hydrogen-bond donors (Lipinski definition) is 1. The molecule has 21 heavy (non-hydrogen) atoms. The summed E-state index contributed by atoms with van der Waals surface area (Å²) in [7, 11) is 1.67. The van der Waals surface area contributed by atoms with Crippen molar-refractivity contribution in [3.8, 4) is 0 Å². The van der Waals surface area contributed by atoms with Gasteiger partial charge in [-0.3, -0.25) is 0 Å². The summed E-state index contributed by atoms with van der Waals surface area (Å²) in [6, 6.07) is 0. The van der Waals surface area contributed by atoms with Crippen LogP contribution in [0.2, 0.25) is 0 Å². The zero-order valence-electron chi connectivity index (χ0n) is 13.1. The second-order valence-corrected chi connectivity index (χ2v) is 7.04. The lowest BCUT2D eigenvalue weighted by Crippen LogP contribution is -2.39. The van der Waals surface area contributed by atoms with E-state index in [1.807, 2.05) is 20.8 Å². The Morgan fingerprint density at radius 2 is 2.24 bits per heavy atom. The zero-order chi connectivity index (χ0) is 15.5. The van der Waals surface area contributed by atoms with E-state index >= 15 is 0 Å². The molecule has 1 aliphatic rings. The van der Waals surface area contributed by atoms with Gasteiger partial charge in [-0.15, -0.1) is 0 Å². The molecule has 2 rings (SSSR count). The number of methoxy groups -OCH3 is 1. The van der Waals surface area contributed by atoms with Crippen molar-refractivity contribution in [3.63, 3.8) is 0 Å². The molecule has 0 spiro atoms.